The van der Waals surface area contributed by atoms with Crippen molar-refractivity contribution in [2.24, 2.45) is 7.05 Å². The molecule has 5 heteroatoms. The molecule has 0 fully saturated rings. The van der Waals surface area contributed by atoms with Crippen molar-refractivity contribution in [1.82, 2.24) is 14.5 Å². The van der Waals surface area contributed by atoms with E-state index in [0.717, 1.165) is 23.4 Å². The zero-order chi connectivity index (χ0) is 12.8. The van der Waals surface area contributed by atoms with Gasteiger partial charge in [0.2, 0.25) is 0 Å². The second-order valence-corrected chi connectivity index (χ2v) is 5.35. The molecule has 0 saturated heterocycles. The summed E-state index contributed by atoms with van der Waals surface area (Å²) in [5.41, 5.74) is 2.08. The summed E-state index contributed by atoms with van der Waals surface area (Å²) < 4.78 is 2.01. The molecular formula is C13H20N4S. The molecule has 2 aromatic rings. The standard InChI is InChI=1S/C13H20N4S/c1-17-10-16-12-11(17)6-8-15-13(12)14-7-4-3-5-9-18-2/h6,8,10H,3-5,7,9H2,1-2H3,(H,14,15). The third-order valence-electron chi connectivity index (χ3n) is 2.96. The molecule has 0 atom stereocenters. The number of aryl methyl sites for hydroxylation is 1. The number of anilines is 1. The Balaban J connectivity index is 1.88. The van der Waals surface area contributed by atoms with Crippen LogP contribution in [0, 0.1) is 0 Å². The van der Waals surface area contributed by atoms with Crippen molar-refractivity contribution in [1.29, 1.82) is 0 Å². The first-order valence-corrected chi connectivity index (χ1v) is 7.71. The van der Waals surface area contributed by atoms with Gasteiger partial charge in [-0.2, -0.15) is 11.8 Å². The molecule has 0 unspecified atom stereocenters. The maximum Gasteiger partial charge on any atom is 0.154 e. The molecule has 2 aromatic heterocycles. The minimum Gasteiger partial charge on any atom is -0.368 e. The van der Waals surface area contributed by atoms with Crippen LogP contribution in [0.1, 0.15) is 19.3 Å². The first kappa shape index (κ1) is 13.2. The van der Waals surface area contributed by atoms with Crippen LogP contribution in [0.5, 0.6) is 0 Å². The van der Waals surface area contributed by atoms with Gasteiger partial charge >= 0.3 is 0 Å². The van der Waals surface area contributed by atoms with Crippen molar-refractivity contribution in [3.63, 3.8) is 0 Å². The van der Waals surface area contributed by atoms with Crippen molar-refractivity contribution in [2.75, 3.05) is 23.9 Å². The number of unbranched alkanes of at least 4 members (excludes halogenated alkanes) is 2. The molecular weight excluding hydrogens is 244 g/mol. The van der Waals surface area contributed by atoms with Gasteiger partial charge in [-0.25, -0.2) is 9.97 Å². The van der Waals surface area contributed by atoms with Crippen LogP contribution in [0.2, 0.25) is 0 Å². The SMILES string of the molecule is CSCCCCCNc1nccc2c1ncn2C. The summed E-state index contributed by atoms with van der Waals surface area (Å²) in [6, 6.07) is 1.99. The number of hydrogen-bond donors (Lipinski definition) is 1. The lowest BCUT2D eigenvalue weighted by atomic mass is 10.2. The quantitative estimate of drug-likeness (QED) is 0.781. The molecule has 18 heavy (non-hydrogen) atoms. The number of imidazole rings is 1. The van der Waals surface area contributed by atoms with E-state index in [-0.39, 0.29) is 0 Å². The number of nitrogens with one attached hydrogen (secondary N) is 1. The monoisotopic (exact) mass is 264 g/mol. The molecule has 0 saturated carbocycles. The second-order valence-electron chi connectivity index (χ2n) is 4.36. The molecule has 98 valence electrons. The summed E-state index contributed by atoms with van der Waals surface area (Å²) >= 11 is 1.92. The molecule has 0 radical (unpaired) electrons. The average Bonchev–Trinajstić information content (AvgIpc) is 2.77. The maximum atomic E-state index is 4.38. The Morgan fingerprint density at radius 2 is 2.17 bits per heavy atom. The molecule has 1 N–H and O–H groups in total. The molecule has 4 nitrogen and oxygen atoms in total. The Hall–Kier alpha value is -1.23. The van der Waals surface area contributed by atoms with Gasteiger partial charge in [0.1, 0.15) is 5.52 Å². The van der Waals surface area contributed by atoms with Gasteiger partial charge in [-0.15, -0.1) is 0 Å². The van der Waals surface area contributed by atoms with Gasteiger partial charge in [0.15, 0.2) is 5.82 Å². The van der Waals surface area contributed by atoms with Crippen molar-refractivity contribution < 1.29 is 0 Å². The minimum absolute atomic E-state index is 0.901. The fourth-order valence-electron chi connectivity index (χ4n) is 1.95. The van der Waals surface area contributed by atoms with Crippen LogP contribution in [0.15, 0.2) is 18.6 Å². The van der Waals surface area contributed by atoms with Crippen molar-refractivity contribution >= 4 is 28.6 Å². The number of hydrogen-bond acceptors (Lipinski definition) is 4. The fourth-order valence-corrected chi connectivity index (χ4v) is 2.44. The van der Waals surface area contributed by atoms with Crippen LogP contribution in [-0.2, 0) is 7.05 Å². The molecule has 0 aromatic carbocycles. The lowest BCUT2D eigenvalue weighted by Crippen LogP contribution is -2.04. The van der Waals surface area contributed by atoms with E-state index in [1.807, 2.05) is 42.0 Å². The molecule has 0 aliphatic rings. The van der Waals surface area contributed by atoms with E-state index in [1.165, 1.54) is 25.0 Å². The number of fused-ring (bicyclic) bond motifs is 1. The van der Waals surface area contributed by atoms with E-state index < -0.39 is 0 Å². The Kier molecular flexibility index (Phi) is 4.87. The number of thioether (sulfide) groups is 1. The molecule has 0 spiro atoms. The molecule has 2 rings (SSSR count). The summed E-state index contributed by atoms with van der Waals surface area (Å²) in [7, 11) is 2.00. The van der Waals surface area contributed by atoms with Crippen LogP contribution in [0.25, 0.3) is 11.0 Å². The molecule has 0 amide bonds. The van der Waals surface area contributed by atoms with Gasteiger partial charge in [0.25, 0.3) is 0 Å². The number of nitrogens with zero attached hydrogens (tertiary/aromatic N) is 3. The Labute approximate surface area is 112 Å². The zero-order valence-electron chi connectivity index (χ0n) is 11.0. The van der Waals surface area contributed by atoms with Crippen LogP contribution >= 0.6 is 11.8 Å². The summed E-state index contributed by atoms with van der Waals surface area (Å²) in [6.45, 7) is 0.969. The third-order valence-corrected chi connectivity index (χ3v) is 3.66. The largest absolute Gasteiger partial charge is 0.368 e. The highest BCUT2D eigenvalue weighted by Crippen LogP contribution is 2.18. The normalized spacial score (nSPS) is 11.0. The number of pyridine rings is 1. The second kappa shape index (κ2) is 6.64. The number of aromatic nitrogens is 3. The lowest BCUT2D eigenvalue weighted by molar-refractivity contribution is 0.748. The number of rotatable bonds is 7. The van der Waals surface area contributed by atoms with Crippen LogP contribution < -0.4 is 5.32 Å². The van der Waals surface area contributed by atoms with Crippen molar-refractivity contribution in [2.45, 2.75) is 19.3 Å². The molecule has 0 aliphatic heterocycles. The first-order chi connectivity index (χ1) is 8.83. The Morgan fingerprint density at radius 1 is 1.28 bits per heavy atom. The molecule has 2 heterocycles. The van der Waals surface area contributed by atoms with E-state index in [1.54, 1.807) is 0 Å². The van der Waals surface area contributed by atoms with Crippen LogP contribution in [0.3, 0.4) is 0 Å². The zero-order valence-corrected chi connectivity index (χ0v) is 11.8. The predicted molar refractivity (Wildman–Crippen MR) is 79.2 cm³/mol. The first-order valence-electron chi connectivity index (χ1n) is 6.32. The van der Waals surface area contributed by atoms with E-state index in [0.29, 0.717) is 0 Å². The highest BCUT2D eigenvalue weighted by atomic mass is 32.2. The highest BCUT2D eigenvalue weighted by Gasteiger charge is 2.05. The predicted octanol–water partition coefficient (Wildman–Crippen LogP) is 2.91. The Bertz CT molecular complexity index is 495. The van der Waals surface area contributed by atoms with Gasteiger partial charge < -0.3 is 9.88 Å². The van der Waals surface area contributed by atoms with Gasteiger partial charge in [-0.05, 0) is 30.9 Å². The van der Waals surface area contributed by atoms with Gasteiger partial charge in [-0.1, -0.05) is 6.42 Å². The summed E-state index contributed by atoms with van der Waals surface area (Å²) in [5, 5.41) is 3.38. The summed E-state index contributed by atoms with van der Waals surface area (Å²) in [5.74, 6) is 2.16. The summed E-state index contributed by atoms with van der Waals surface area (Å²) in [4.78, 5) is 8.74. The van der Waals surface area contributed by atoms with E-state index >= 15 is 0 Å². The van der Waals surface area contributed by atoms with Crippen LogP contribution in [-0.4, -0.2) is 33.1 Å². The highest BCUT2D eigenvalue weighted by molar-refractivity contribution is 7.98. The van der Waals surface area contributed by atoms with E-state index in [2.05, 4.69) is 21.5 Å². The fraction of sp³-hybridized carbons (Fsp3) is 0.538. The third kappa shape index (κ3) is 3.16. The topological polar surface area (TPSA) is 42.7 Å². The van der Waals surface area contributed by atoms with Gasteiger partial charge in [-0.3, -0.25) is 0 Å². The Morgan fingerprint density at radius 3 is 3.00 bits per heavy atom. The maximum absolute atomic E-state index is 4.38. The molecule has 0 aliphatic carbocycles. The minimum atomic E-state index is 0.901. The van der Waals surface area contributed by atoms with Crippen molar-refractivity contribution in [3.05, 3.63) is 18.6 Å². The van der Waals surface area contributed by atoms with E-state index in [4.69, 9.17) is 0 Å². The van der Waals surface area contributed by atoms with Gasteiger partial charge in [0.05, 0.1) is 11.8 Å². The lowest BCUT2D eigenvalue weighted by Gasteiger charge is -2.06. The smallest absolute Gasteiger partial charge is 0.154 e. The van der Waals surface area contributed by atoms with Crippen LogP contribution in [0.4, 0.5) is 5.82 Å². The van der Waals surface area contributed by atoms with Gasteiger partial charge in [0, 0.05) is 19.8 Å². The van der Waals surface area contributed by atoms with E-state index in [9.17, 15) is 0 Å². The van der Waals surface area contributed by atoms with Crippen molar-refractivity contribution in [3.8, 4) is 0 Å². The molecule has 0 bridgehead atoms. The summed E-state index contributed by atoms with van der Waals surface area (Å²) in [6.07, 6.45) is 9.57. The average molecular weight is 264 g/mol.